The highest BCUT2D eigenvalue weighted by atomic mass is 16.6. The normalized spacial score (nSPS) is 9.94. The largest absolute Gasteiger partial charge is 0.487 e. The van der Waals surface area contributed by atoms with Crippen LogP contribution < -0.4 is 4.74 Å². The van der Waals surface area contributed by atoms with Crippen molar-refractivity contribution in [2.75, 3.05) is 20.2 Å². The molecule has 0 N–H and O–H groups in total. The topological polar surface area (TPSA) is 72.7 Å². The third-order valence-electron chi connectivity index (χ3n) is 2.52. The third-order valence-corrected chi connectivity index (χ3v) is 2.52. The molecule has 0 saturated carbocycles. The molecule has 6 heteroatoms. The van der Waals surface area contributed by atoms with Crippen LogP contribution in [0.4, 0.5) is 5.69 Å². The molecule has 0 aliphatic carbocycles. The third kappa shape index (κ3) is 2.97. The minimum atomic E-state index is -0.548. The zero-order chi connectivity index (χ0) is 13.7. The van der Waals surface area contributed by atoms with E-state index in [1.54, 1.807) is 14.0 Å². The van der Waals surface area contributed by atoms with Gasteiger partial charge in [-0.3, -0.25) is 14.9 Å². The van der Waals surface area contributed by atoms with Crippen LogP contribution in [0.25, 0.3) is 0 Å². The molecule has 0 bridgehead atoms. The van der Waals surface area contributed by atoms with E-state index in [9.17, 15) is 14.9 Å². The van der Waals surface area contributed by atoms with Crippen molar-refractivity contribution < 1.29 is 14.5 Å². The summed E-state index contributed by atoms with van der Waals surface area (Å²) in [4.78, 5) is 23.7. The van der Waals surface area contributed by atoms with Crippen LogP contribution in [0.1, 0.15) is 24.2 Å². The number of carbonyl (C=O) groups excluding carboxylic acids is 1. The van der Waals surface area contributed by atoms with E-state index in [1.165, 1.54) is 23.1 Å². The van der Waals surface area contributed by atoms with Gasteiger partial charge in [-0.25, -0.2) is 0 Å². The number of amides is 1. The molecule has 1 amide bonds. The van der Waals surface area contributed by atoms with Gasteiger partial charge in [-0.2, -0.15) is 0 Å². The summed E-state index contributed by atoms with van der Waals surface area (Å²) in [6, 6.07) is 4.24. The van der Waals surface area contributed by atoms with Crippen molar-refractivity contribution in [3.8, 4) is 5.75 Å². The van der Waals surface area contributed by atoms with Crippen molar-refractivity contribution in [1.82, 2.24) is 4.90 Å². The molecule has 0 saturated heterocycles. The second-order valence-electron chi connectivity index (χ2n) is 3.69. The average Bonchev–Trinajstić information content (AvgIpc) is 2.37. The van der Waals surface area contributed by atoms with E-state index in [0.717, 1.165) is 0 Å². The highest BCUT2D eigenvalue weighted by Crippen LogP contribution is 2.28. The number of nitrogens with zero attached hydrogens (tertiary/aromatic N) is 2. The highest BCUT2D eigenvalue weighted by Gasteiger charge is 2.19. The molecular weight excluding hydrogens is 236 g/mol. The minimum Gasteiger partial charge on any atom is -0.487 e. The Hall–Kier alpha value is -2.11. The molecule has 0 atom stereocenters. The van der Waals surface area contributed by atoms with Crippen molar-refractivity contribution in [3.63, 3.8) is 0 Å². The van der Waals surface area contributed by atoms with Gasteiger partial charge in [-0.15, -0.1) is 0 Å². The van der Waals surface area contributed by atoms with Crippen molar-refractivity contribution in [1.29, 1.82) is 0 Å². The summed E-state index contributed by atoms with van der Waals surface area (Å²) in [5.41, 5.74) is 0.0988. The predicted octanol–water partition coefficient (Wildman–Crippen LogP) is 2.09. The number of benzene rings is 1. The van der Waals surface area contributed by atoms with Crippen molar-refractivity contribution in [2.24, 2.45) is 0 Å². The first-order valence-electron chi connectivity index (χ1n) is 5.67. The van der Waals surface area contributed by atoms with E-state index in [4.69, 9.17) is 4.74 Å². The summed E-state index contributed by atoms with van der Waals surface area (Å²) in [6.07, 6.45) is 0. The second kappa shape index (κ2) is 6.00. The lowest BCUT2D eigenvalue weighted by molar-refractivity contribution is -0.385. The molecule has 0 aliphatic heterocycles. The molecule has 1 aromatic rings. The molecule has 98 valence electrons. The lowest BCUT2D eigenvalue weighted by atomic mass is 10.1. The maximum absolute atomic E-state index is 11.9. The summed E-state index contributed by atoms with van der Waals surface area (Å²) < 4.78 is 5.15. The molecule has 0 aromatic heterocycles. The fourth-order valence-corrected chi connectivity index (χ4v) is 1.43. The van der Waals surface area contributed by atoms with E-state index in [2.05, 4.69) is 0 Å². The fraction of sp³-hybridized carbons (Fsp3) is 0.417. The van der Waals surface area contributed by atoms with Gasteiger partial charge in [0.15, 0.2) is 5.75 Å². The summed E-state index contributed by atoms with van der Waals surface area (Å²) >= 11 is 0. The summed E-state index contributed by atoms with van der Waals surface area (Å²) in [6.45, 7) is 4.46. The predicted molar refractivity (Wildman–Crippen MR) is 66.9 cm³/mol. The number of nitro benzene ring substituents is 1. The lowest BCUT2D eigenvalue weighted by Crippen LogP contribution is -2.26. The Morgan fingerprint density at radius 3 is 2.61 bits per heavy atom. The van der Waals surface area contributed by atoms with Crippen molar-refractivity contribution in [2.45, 2.75) is 13.8 Å². The van der Waals surface area contributed by atoms with E-state index in [0.29, 0.717) is 13.2 Å². The van der Waals surface area contributed by atoms with Crippen LogP contribution in [0.15, 0.2) is 18.2 Å². The molecule has 0 unspecified atom stereocenters. The summed E-state index contributed by atoms with van der Waals surface area (Å²) in [5.74, 6) is -0.0677. The number of hydrogen-bond acceptors (Lipinski definition) is 4. The minimum absolute atomic E-state index is 0.179. The van der Waals surface area contributed by atoms with Gasteiger partial charge in [0, 0.05) is 25.2 Å². The van der Waals surface area contributed by atoms with Gasteiger partial charge in [0.2, 0.25) is 0 Å². The summed E-state index contributed by atoms with van der Waals surface area (Å²) in [7, 11) is 1.64. The number of ether oxygens (including phenoxy) is 1. The standard InChI is InChI=1S/C12H16N2O4/c1-4-13(3)12(15)9-6-7-11(18-5-2)10(8-9)14(16)17/h6-8H,4-5H2,1-3H3. The van der Waals surface area contributed by atoms with Crippen molar-refractivity contribution >= 4 is 11.6 Å². The van der Waals surface area contributed by atoms with Gasteiger partial charge in [0.05, 0.1) is 11.5 Å². The van der Waals surface area contributed by atoms with E-state index < -0.39 is 4.92 Å². The fourth-order valence-electron chi connectivity index (χ4n) is 1.43. The molecule has 0 radical (unpaired) electrons. The molecule has 18 heavy (non-hydrogen) atoms. The quantitative estimate of drug-likeness (QED) is 0.594. The highest BCUT2D eigenvalue weighted by molar-refractivity contribution is 5.95. The molecule has 1 rings (SSSR count). The number of rotatable bonds is 5. The molecular formula is C12H16N2O4. The van der Waals surface area contributed by atoms with Crippen LogP contribution in [0.2, 0.25) is 0 Å². The van der Waals surface area contributed by atoms with Crippen LogP contribution in [0, 0.1) is 10.1 Å². The Balaban J connectivity index is 3.14. The van der Waals surface area contributed by atoms with Gasteiger partial charge < -0.3 is 9.64 Å². The van der Waals surface area contributed by atoms with E-state index >= 15 is 0 Å². The summed E-state index contributed by atoms with van der Waals surface area (Å²) in [5, 5.41) is 10.9. The van der Waals surface area contributed by atoms with Crippen LogP contribution in [-0.2, 0) is 0 Å². The zero-order valence-electron chi connectivity index (χ0n) is 10.7. The van der Waals surface area contributed by atoms with Gasteiger partial charge in [0.1, 0.15) is 0 Å². The van der Waals surface area contributed by atoms with E-state index in [-0.39, 0.29) is 22.9 Å². The van der Waals surface area contributed by atoms with Crippen LogP contribution in [0.3, 0.4) is 0 Å². The lowest BCUT2D eigenvalue weighted by Gasteiger charge is -2.14. The first-order chi connectivity index (χ1) is 8.51. The molecule has 0 fully saturated rings. The smallest absolute Gasteiger partial charge is 0.311 e. The Bertz CT molecular complexity index is 459. The Morgan fingerprint density at radius 1 is 1.44 bits per heavy atom. The van der Waals surface area contributed by atoms with Crippen LogP contribution in [0.5, 0.6) is 5.75 Å². The SMILES string of the molecule is CCOc1ccc(C(=O)N(C)CC)cc1[N+](=O)[O-]. The first kappa shape index (κ1) is 14.0. The number of nitro groups is 1. The Labute approximate surface area is 105 Å². The maximum Gasteiger partial charge on any atom is 0.311 e. The Morgan fingerprint density at radius 2 is 2.11 bits per heavy atom. The van der Waals surface area contributed by atoms with Gasteiger partial charge in [-0.05, 0) is 26.0 Å². The first-order valence-corrected chi connectivity index (χ1v) is 5.67. The average molecular weight is 252 g/mol. The van der Waals surface area contributed by atoms with Gasteiger partial charge in [-0.1, -0.05) is 0 Å². The monoisotopic (exact) mass is 252 g/mol. The molecule has 6 nitrogen and oxygen atoms in total. The maximum atomic E-state index is 11.9. The van der Waals surface area contributed by atoms with Gasteiger partial charge in [0.25, 0.3) is 5.91 Å². The van der Waals surface area contributed by atoms with Crippen LogP contribution in [-0.4, -0.2) is 35.9 Å². The molecule has 1 aromatic carbocycles. The number of carbonyl (C=O) groups is 1. The van der Waals surface area contributed by atoms with Crippen molar-refractivity contribution in [3.05, 3.63) is 33.9 Å². The number of hydrogen-bond donors (Lipinski definition) is 0. The molecule has 0 spiro atoms. The second-order valence-corrected chi connectivity index (χ2v) is 3.69. The van der Waals surface area contributed by atoms with Crippen LogP contribution >= 0.6 is 0 Å². The van der Waals surface area contributed by atoms with E-state index in [1.807, 2.05) is 6.92 Å². The Kier molecular flexibility index (Phi) is 4.65. The molecule has 0 heterocycles. The molecule has 0 aliphatic rings. The van der Waals surface area contributed by atoms with Gasteiger partial charge >= 0.3 is 5.69 Å². The zero-order valence-corrected chi connectivity index (χ0v) is 10.7.